The van der Waals surface area contributed by atoms with Crippen molar-refractivity contribution in [2.75, 3.05) is 18.9 Å². The van der Waals surface area contributed by atoms with Crippen molar-refractivity contribution in [1.29, 1.82) is 0 Å². The Labute approximate surface area is 170 Å². The summed E-state index contributed by atoms with van der Waals surface area (Å²) < 4.78 is 43.9. The summed E-state index contributed by atoms with van der Waals surface area (Å²) in [6.07, 6.45) is 7.51. The monoisotopic (exact) mass is 420 g/mol. The zero-order chi connectivity index (χ0) is 20.9. The Morgan fingerprint density at radius 3 is 2.52 bits per heavy atom. The van der Waals surface area contributed by atoms with Gasteiger partial charge in [0, 0.05) is 12.3 Å². The average molecular weight is 420 g/mol. The van der Waals surface area contributed by atoms with Crippen molar-refractivity contribution < 1.29 is 27.4 Å². The third-order valence-corrected chi connectivity index (χ3v) is 6.11. The van der Waals surface area contributed by atoms with Gasteiger partial charge in [0.05, 0.1) is 31.7 Å². The van der Waals surface area contributed by atoms with Crippen LogP contribution < -0.4 is 14.2 Å². The molecule has 0 atom stereocenters. The number of pyridine rings is 1. The SMILES string of the molecule is COc1ccc(OC)c(S(=O)(=O)Nc2cncc(C(=O)OC3CCCCC3)c2)c1. The molecule has 0 bridgehead atoms. The Kier molecular flexibility index (Phi) is 6.58. The highest BCUT2D eigenvalue weighted by Gasteiger charge is 2.23. The number of nitrogens with one attached hydrogen (secondary N) is 1. The number of sulfonamides is 1. The van der Waals surface area contributed by atoms with Crippen LogP contribution >= 0.6 is 0 Å². The van der Waals surface area contributed by atoms with Crippen LogP contribution in [0.5, 0.6) is 11.5 Å². The quantitative estimate of drug-likeness (QED) is 0.685. The zero-order valence-corrected chi connectivity index (χ0v) is 17.2. The van der Waals surface area contributed by atoms with Gasteiger partial charge in [0.2, 0.25) is 0 Å². The Bertz CT molecular complexity index is 971. The number of nitrogens with zero attached hydrogens (tertiary/aromatic N) is 1. The van der Waals surface area contributed by atoms with E-state index in [0.29, 0.717) is 5.75 Å². The van der Waals surface area contributed by atoms with E-state index < -0.39 is 16.0 Å². The smallest absolute Gasteiger partial charge is 0.340 e. The Morgan fingerprint density at radius 2 is 1.83 bits per heavy atom. The van der Waals surface area contributed by atoms with E-state index in [-0.39, 0.29) is 28.0 Å². The molecule has 0 unspecified atom stereocenters. The molecule has 1 aromatic heterocycles. The van der Waals surface area contributed by atoms with Gasteiger partial charge < -0.3 is 14.2 Å². The number of anilines is 1. The maximum absolute atomic E-state index is 12.9. The minimum atomic E-state index is -4.01. The number of ether oxygens (including phenoxy) is 3. The standard InChI is InChI=1S/C20H24N2O6S/c1-26-17-8-9-18(27-2)19(11-17)29(24,25)22-15-10-14(12-21-13-15)20(23)28-16-6-4-3-5-7-16/h8-13,16,22H,3-7H2,1-2H3. The minimum absolute atomic E-state index is 0.0884. The average Bonchev–Trinajstić information content (AvgIpc) is 2.73. The lowest BCUT2D eigenvalue weighted by molar-refractivity contribution is 0.0210. The first-order chi connectivity index (χ1) is 13.9. The minimum Gasteiger partial charge on any atom is -0.497 e. The number of benzene rings is 1. The van der Waals surface area contributed by atoms with Gasteiger partial charge in [0.1, 0.15) is 22.5 Å². The fraction of sp³-hybridized carbons (Fsp3) is 0.400. The number of esters is 1. The first kappa shape index (κ1) is 20.9. The Hall–Kier alpha value is -2.81. The van der Waals surface area contributed by atoms with Crippen molar-refractivity contribution in [3.05, 3.63) is 42.2 Å². The second-order valence-corrected chi connectivity index (χ2v) is 8.40. The molecule has 3 rings (SSSR count). The van der Waals surface area contributed by atoms with E-state index in [1.807, 2.05) is 0 Å². The largest absolute Gasteiger partial charge is 0.497 e. The molecule has 1 fully saturated rings. The van der Waals surface area contributed by atoms with Crippen LogP contribution in [0.25, 0.3) is 0 Å². The van der Waals surface area contributed by atoms with Gasteiger partial charge in [-0.2, -0.15) is 0 Å². The number of aromatic nitrogens is 1. The summed E-state index contributed by atoms with van der Waals surface area (Å²) in [5, 5.41) is 0. The molecule has 29 heavy (non-hydrogen) atoms. The van der Waals surface area contributed by atoms with E-state index in [0.717, 1.165) is 32.1 Å². The van der Waals surface area contributed by atoms with Crippen LogP contribution in [0, 0.1) is 0 Å². The van der Waals surface area contributed by atoms with Crippen molar-refractivity contribution >= 4 is 21.7 Å². The van der Waals surface area contributed by atoms with Crippen LogP contribution in [0.15, 0.2) is 41.6 Å². The van der Waals surface area contributed by atoms with E-state index in [9.17, 15) is 13.2 Å². The number of methoxy groups -OCH3 is 2. The predicted octanol–water partition coefficient (Wildman–Crippen LogP) is 3.39. The van der Waals surface area contributed by atoms with Crippen LogP contribution in [0.3, 0.4) is 0 Å². The van der Waals surface area contributed by atoms with E-state index >= 15 is 0 Å². The van der Waals surface area contributed by atoms with E-state index in [2.05, 4.69) is 9.71 Å². The summed E-state index contributed by atoms with van der Waals surface area (Å²) in [7, 11) is -1.18. The van der Waals surface area contributed by atoms with Crippen LogP contribution in [-0.2, 0) is 14.8 Å². The highest BCUT2D eigenvalue weighted by Crippen LogP contribution is 2.30. The molecular formula is C20H24N2O6S. The molecule has 1 aliphatic rings. The van der Waals surface area contributed by atoms with Gasteiger partial charge in [-0.25, -0.2) is 13.2 Å². The Morgan fingerprint density at radius 1 is 1.07 bits per heavy atom. The summed E-state index contributed by atoms with van der Waals surface area (Å²) in [5.41, 5.74) is 0.335. The second-order valence-electron chi connectivity index (χ2n) is 6.75. The molecule has 2 aromatic rings. The van der Waals surface area contributed by atoms with Crippen molar-refractivity contribution in [3.8, 4) is 11.5 Å². The molecule has 156 valence electrons. The lowest BCUT2D eigenvalue weighted by Crippen LogP contribution is -2.21. The number of hydrogen-bond donors (Lipinski definition) is 1. The fourth-order valence-corrected chi connectivity index (χ4v) is 4.43. The topological polar surface area (TPSA) is 104 Å². The normalized spacial score (nSPS) is 14.8. The molecule has 1 saturated carbocycles. The first-order valence-corrected chi connectivity index (χ1v) is 10.8. The van der Waals surface area contributed by atoms with Crippen LogP contribution in [0.1, 0.15) is 42.5 Å². The maximum atomic E-state index is 12.9. The number of carbonyl (C=O) groups is 1. The molecule has 9 heteroatoms. The van der Waals surface area contributed by atoms with Crippen molar-refractivity contribution in [2.24, 2.45) is 0 Å². The third kappa shape index (κ3) is 5.17. The van der Waals surface area contributed by atoms with Gasteiger partial charge in [-0.05, 0) is 43.9 Å². The maximum Gasteiger partial charge on any atom is 0.340 e. The first-order valence-electron chi connectivity index (χ1n) is 9.34. The van der Waals surface area contributed by atoms with E-state index in [1.165, 1.54) is 44.8 Å². The zero-order valence-electron chi connectivity index (χ0n) is 16.4. The van der Waals surface area contributed by atoms with Gasteiger partial charge in [-0.1, -0.05) is 6.42 Å². The predicted molar refractivity (Wildman–Crippen MR) is 107 cm³/mol. The van der Waals surface area contributed by atoms with Gasteiger partial charge in [-0.3, -0.25) is 9.71 Å². The Balaban J connectivity index is 1.79. The number of rotatable bonds is 7. The van der Waals surface area contributed by atoms with Gasteiger partial charge >= 0.3 is 5.97 Å². The molecule has 0 aliphatic heterocycles. The third-order valence-electron chi connectivity index (χ3n) is 4.71. The number of hydrogen-bond acceptors (Lipinski definition) is 7. The summed E-state index contributed by atoms with van der Waals surface area (Å²) in [5.74, 6) is 0.0256. The van der Waals surface area contributed by atoms with Crippen molar-refractivity contribution in [2.45, 2.75) is 43.1 Å². The molecule has 1 N–H and O–H groups in total. The lowest BCUT2D eigenvalue weighted by Gasteiger charge is -2.21. The molecule has 0 spiro atoms. The van der Waals surface area contributed by atoms with Crippen molar-refractivity contribution in [1.82, 2.24) is 4.98 Å². The molecule has 0 saturated heterocycles. The summed E-state index contributed by atoms with van der Waals surface area (Å²) >= 11 is 0. The fourth-order valence-electron chi connectivity index (χ4n) is 3.21. The molecular weight excluding hydrogens is 396 g/mol. The number of carbonyl (C=O) groups excluding carboxylic acids is 1. The molecule has 0 radical (unpaired) electrons. The molecule has 1 aliphatic carbocycles. The van der Waals surface area contributed by atoms with Crippen LogP contribution in [0.4, 0.5) is 5.69 Å². The highest BCUT2D eigenvalue weighted by atomic mass is 32.2. The van der Waals surface area contributed by atoms with E-state index in [1.54, 1.807) is 6.07 Å². The van der Waals surface area contributed by atoms with Crippen LogP contribution in [-0.4, -0.2) is 39.7 Å². The molecule has 1 aromatic carbocycles. The van der Waals surface area contributed by atoms with Crippen LogP contribution in [0.2, 0.25) is 0 Å². The summed E-state index contributed by atoms with van der Waals surface area (Å²) in [6, 6.07) is 5.86. The van der Waals surface area contributed by atoms with Gasteiger partial charge in [-0.15, -0.1) is 0 Å². The summed E-state index contributed by atoms with van der Waals surface area (Å²) in [6.45, 7) is 0. The van der Waals surface area contributed by atoms with E-state index in [4.69, 9.17) is 14.2 Å². The molecule has 0 amide bonds. The van der Waals surface area contributed by atoms with Gasteiger partial charge in [0.25, 0.3) is 10.0 Å². The lowest BCUT2D eigenvalue weighted by atomic mass is 9.98. The highest BCUT2D eigenvalue weighted by molar-refractivity contribution is 7.92. The molecule has 8 nitrogen and oxygen atoms in total. The molecule has 1 heterocycles. The second kappa shape index (κ2) is 9.13. The van der Waals surface area contributed by atoms with Crippen molar-refractivity contribution in [3.63, 3.8) is 0 Å². The summed E-state index contributed by atoms with van der Waals surface area (Å²) in [4.78, 5) is 16.3. The van der Waals surface area contributed by atoms with Gasteiger partial charge in [0.15, 0.2) is 0 Å².